The molecule has 0 atom stereocenters. The minimum absolute atomic E-state index is 0.0990. The zero-order valence-corrected chi connectivity index (χ0v) is 18.5. The van der Waals surface area contributed by atoms with Crippen LogP contribution in [0.15, 0.2) is 109 Å². The molecular formula is C28H25N3O3. The fraction of sp³-hybridized carbons (Fsp3) is 0.0714. The quantitative estimate of drug-likeness (QED) is 0.316. The second-order valence-electron chi connectivity index (χ2n) is 7.59. The second kappa shape index (κ2) is 11.3. The summed E-state index contributed by atoms with van der Waals surface area (Å²) in [7, 11) is 0. The number of hydrogen-bond acceptors (Lipinski definition) is 4. The maximum absolute atomic E-state index is 12.3. The third kappa shape index (κ3) is 6.71. The van der Waals surface area contributed by atoms with Crippen LogP contribution in [0.1, 0.15) is 15.9 Å². The lowest BCUT2D eigenvalue weighted by molar-refractivity contribution is -0.114. The molecule has 0 unspecified atom stereocenters. The highest BCUT2D eigenvalue weighted by atomic mass is 16.5. The summed E-state index contributed by atoms with van der Waals surface area (Å²) in [6, 6.07) is 33.4. The number of nitrogens with one attached hydrogen (secondary N) is 3. The normalized spacial score (nSPS) is 10.2. The Labute approximate surface area is 198 Å². The van der Waals surface area contributed by atoms with Crippen molar-refractivity contribution in [1.82, 2.24) is 5.32 Å². The molecule has 0 saturated heterocycles. The lowest BCUT2D eigenvalue weighted by atomic mass is 10.1. The first-order valence-electron chi connectivity index (χ1n) is 10.9. The molecule has 34 heavy (non-hydrogen) atoms. The van der Waals surface area contributed by atoms with Crippen LogP contribution in [0.3, 0.4) is 0 Å². The molecule has 0 aliphatic heterocycles. The topological polar surface area (TPSA) is 79.5 Å². The predicted octanol–water partition coefficient (Wildman–Crippen LogP) is 5.46. The molecule has 0 radical (unpaired) electrons. The van der Waals surface area contributed by atoms with E-state index in [1.54, 1.807) is 48.5 Å². The van der Waals surface area contributed by atoms with Crippen LogP contribution in [0.4, 0.5) is 11.4 Å². The zero-order chi connectivity index (χ0) is 23.6. The third-order valence-electron chi connectivity index (χ3n) is 5.01. The van der Waals surface area contributed by atoms with Gasteiger partial charge in [0.1, 0.15) is 11.5 Å². The number of benzene rings is 4. The van der Waals surface area contributed by atoms with Gasteiger partial charge in [0, 0.05) is 23.5 Å². The number of anilines is 2. The molecule has 0 fully saturated rings. The van der Waals surface area contributed by atoms with E-state index in [1.807, 2.05) is 60.7 Å². The Morgan fingerprint density at radius 3 is 1.91 bits per heavy atom. The van der Waals surface area contributed by atoms with E-state index in [-0.39, 0.29) is 18.4 Å². The molecule has 4 aromatic carbocycles. The molecule has 0 aliphatic carbocycles. The van der Waals surface area contributed by atoms with Crippen LogP contribution in [-0.4, -0.2) is 18.4 Å². The van der Waals surface area contributed by atoms with Crippen molar-refractivity contribution in [3.8, 4) is 11.5 Å². The molecule has 0 spiro atoms. The lowest BCUT2D eigenvalue weighted by Crippen LogP contribution is -2.23. The van der Waals surface area contributed by atoms with E-state index in [0.717, 1.165) is 17.0 Å². The van der Waals surface area contributed by atoms with E-state index in [2.05, 4.69) is 16.0 Å². The Balaban J connectivity index is 1.21. The first-order chi connectivity index (χ1) is 16.7. The highest BCUT2D eigenvalue weighted by Crippen LogP contribution is 2.22. The molecule has 4 aromatic rings. The monoisotopic (exact) mass is 451 g/mol. The van der Waals surface area contributed by atoms with Gasteiger partial charge >= 0.3 is 0 Å². The zero-order valence-electron chi connectivity index (χ0n) is 18.5. The molecule has 2 amide bonds. The summed E-state index contributed by atoms with van der Waals surface area (Å²) in [5, 5.41) is 8.81. The Hall–Kier alpha value is -4.58. The van der Waals surface area contributed by atoms with Gasteiger partial charge in [-0.1, -0.05) is 48.5 Å². The average molecular weight is 452 g/mol. The maximum atomic E-state index is 12.3. The predicted molar refractivity (Wildman–Crippen MR) is 134 cm³/mol. The Kier molecular flexibility index (Phi) is 7.54. The molecule has 0 heterocycles. The van der Waals surface area contributed by atoms with Crippen molar-refractivity contribution in [2.24, 2.45) is 0 Å². The van der Waals surface area contributed by atoms with Gasteiger partial charge in [-0.2, -0.15) is 0 Å². The van der Waals surface area contributed by atoms with Gasteiger partial charge in [-0.05, 0) is 66.2 Å². The summed E-state index contributed by atoms with van der Waals surface area (Å²) in [4.78, 5) is 24.6. The molecule has 0 aliphatic rings. The number of ether oxygens (including phenoxy) is 1. The van der Waals surface area contributed by atoms with Crippen molar-refractivity contribution in [2.45, 2.75) is 6.54 Å². The first-order valence-corrected chi connectivity index (χ1v) is 10.9. The van der Waals surface area contributed by atoms with E-state index < -0.39 is 0 Å². The summed E-state index contributed by atoms with van der Waals surface area (Å²) in [5.74, 6) is 1.12. The molecular weight excluding hydrogens is 426 g/mol. The van der Waals surface area contributed by atoms with Gasteiger partial charge in [-0.3, -0.25) is 9.59 Å². The molecule has 170 valence electrons. The van der Waals surface area contributed by atoms with Crippen molar-refractivity contribution in [3.05, 3.63) is 120 Å². The van der Waals surface area contributed by atoms with Gasteiger partial charge in [-0.25, -0.2) is 0 Å². The van der Waals surface area contributed by atoms with Crippen LogP contribution in [0.5, 0.6) is 11.5 Å². The van der Waals surface area contributed by atoms with Gasteiger partial charge in [0.2, 0.25) is 5.91 Å². The summed E-state index contributed by atoms with van der Waals surface area (Å²) >= 11 is 0. The number of carbonyl (C=O) groups is 2. The van der Waals surface area contributed by atoms with Gasteiger partial charge in [-0.15, -0.1) is 0 Å². The third-order valence-corrected chi connectivity index (χ3v) is 5.01. The van der Waals surface area contributed by atoms with Crippen molar-refractivity contribution in [1.29, 1.82) is 0 Å². The Morgan fingerprint density at radius 2 is 1.24 bits per heavy atom. The molecule has 4 rings (SSSR count). The van der Waals surface area contributed by atoms with Crippen molar-refractivity contribution in [2.75, 3.05) is 17.2 Å². The Morgan fingerprint density at radius 1 is 0.647 bits per heavy atom. The van der Waals surface area contributed by atoms with Crippen LogP contribution >= 0.6 is 0 Å². The average Bonchev–Trinajstić information content (AvgIpc) is 2.89. The summed E-state index contributed by atoms with van der Waals surface area (Å²) < 4.78 is 5.75. The van der Waals surface area contributed by atoms with Crippen LogP contribution in [0, 0.1) is 0 Å². The summed E-state index contributed by atoms with van der Waals surface area (Å²) in [5.41, 5.74) is 3.03. The summed E-state index contributed by atoms with van der Waals surface area (Å²) in [6.07, 6.45) is 0. The smallest absolute Gasteiger partial charge is 0.251 e. The van der Waals surface area contributed by atoms with E-state index in [9.17, 15) is 9.59 Å². The number of amides is 2. The van der Waals surface area contributed by atoms with Crippen molar-refractivity contribution in [3.63, 3.8) is 0 Å². The molecule has 6 heteroatoms. The van der Waals surface area contributed by atoms with E-state index in [1.165, 1.54) is 0 Å². The highest BCUT2D eigenvalue weighted by Gasteiger charge is 2.07. The molecule has 0 saturated carbocycles. The highest BCUT2D eigenvalue weighted by molar-refractivity contribution is 5.95. The van der Waals surface area contributed by atoms with Crippen LogP contribution in [0.25, 0.3) is 0 Å². The molecule has 0 aromatic heterocycles. The second-order valence-corrected chi connectivity index (χ2v) is 7.59. The molecule has 0 bridgehead atoms. The standard InChI is InChI=1S/C28H25N3O3/c32-27(31-24-15-17-26(18-16-24)34-25-9-5-2-6-10-25)20-29-23-13-11-22(12-14-23)28(33)30-19-21-7-3-1-4-8-21/h1-18,29H,19-20H2,(H,30,33)(H,31,32). The van der Waals surface area contributed by atoms with Crippen molar-refractivity contribution >= 4 is 23.2 Å². The Bertz CT molecular complexity index is 1210. The SMILES string of the molecule is O=C(CNc1ccc(C(=O)NCc2ccccc2)cc1)Nc1ccc(Oc2ccccc2)cc1. The van der Waals surface area contributed by atoms with Gasteiger partial charge in [0.25, 0.3) is 5.91 Å². The lowest BCUT2D eigenvalue weighted by Gasteiger charge is -2.10. The van der Waals surface area contributed by atoms with E-state index in [0.29, 0.717) is 23.5 Å². The molecule has 6 nitrogen and oxygen atoms in total. The number of rotatable bonds is 9. The number of carbonyl (C=O) groups excluding carboxylic acids is 2. The van der Waals surface area contributed by atoms with E-state index in [4.69, 9.17) is 4.74 Å². The minimum atomic E-state index is -0.179. The number of hydrogen-bond donors (Lipinski definition) is 3. The van der Waals surface area contributed by atoms with Gasteiger partial charge < -0.3 is 20.7 Å². The van der Waals surface area contributed by atoms with E-state index >= 15 is 0 Å². The largest absolute Gasteiger partial charge is 0.457 e. The fourth-order valence-corrected chi connectivity index (χ4v) is 3.24. The molecule has 3 N–H and O–H groups in total. The van der Waals surface area contributed by atoms with Crippen LogP contribution in [-0.2, 0) is 11.3 Å². The number of para-hydroxylation sites is 1. The fourth-order valence-electron chi connectivity index (χ4n) is 3.24. The summed E-state index contributed by atoms with van der Waals surface area (Å²) in [6.45, 7) is 0.570. The maximum Gasteiger partial charge on any atom is 0.251 e. The van der Waals surface area contributed by atoms with Gasteiger partial charge in [0.05, 0.1) is 6.54 Å². The minimum Gasteiger partial charge on any atom is -0.457 e. The van der Waals surface area contributed by atoms with Crippen LogP contribution < -0.4 is 20.7 Å². The van der Waals surface area contributed by atoms with Crippen molar-refractivity contribution < 1.29 is 14.3 Å². The van der Waals surface area contributed by atoms with Gasteiger partial charge in [0.15, 0.2) is 0 Å². The van der Waals surface area contributed by atoms with Crippen LogP contribution in [0.2, 0.25) is 0 Å². The first kappa shape index (κ1) is 22.6.